The number of ether oxygens (including phenoxy) is 1. The molecular weight excluding hydrogens is 240 g/mol. The van der Waals surface area contributed by atoms with Crippen LogP contribution in [0.15, 0.2) is 10.9 Å². The van der Waals surface area contributed by atoms with E-state index in [1.54, 1.807) is 5.51 Å². The molecule has 0 fully saturated rings. The van der Waals surface area contributed by atoms with Gasteiger partial charge in [-0.3, -0.25) is 0 Å². The van der Waals surface area contributed by atoms with Gasteiger partial charge in [0.1, 0.15) is 0 Å². The number of nitrogens with two attached hydrogens (primary N) is 1. The van der Waals surface area contributed by atoms with E-state index >= 15 is 0 Å². The summed E-state index contributed by atoms with van der Waals surface area (Å²) in [6.45, 7) is 2.87. The van der Waals surface area contributed by atoms with Crippen molar-refractivity contribution in [3.63, 3.8) is 0 Å². The van der Waals surface area contributed by atoms with E-state index in [2.05, 4.69) is 25.3 Å². The smallest absolute Gasteiger partial charge is 0.323 e. The van der Waals surface area contributed by atoms with Crippen LogP contribution < -0.4 is 15.8 Å². The molecule has 0 radical (unpaired) electrons. The van der Waals surface area contributed by atoms with Gasteiger partial charge in [-0.25, -0.2) is 4.98 Å². The molecule has 7 nitrogen and oxygen atoms in total. The Labute approximate surface area is 102 Å². The molecule has 0 aliphatic heterocycles. The van der Waals surface area contributed by atoms with Crippen LogP contribution in [0.25, 0.3) is 0 Å². The zero-order chi connectivity index (χ0) is 12.1. The standard InChI is InChI=1S/C9H12N6OS/c1-2-16-9-14-7(10)13-8(15-9)11-3-6-4-17-5-12-6/h4-5H,2-3H2,1H3,(H3,10,11,13,14,15). The minimum absolute atomic E-state index is 0.129. The zero-order valence-corrected chi connectivity index (χ0v) is 10.1. The van der Waals surface area contributed by atoms with Gasteiger partial charge in [-0.05, 0) is 6.92 Å². The van der Waals surface area contributed by atoms with Crippen LogP contribution in [0.3, 0.4) is 0 Å². The third kappa shape index (κ3) is 3.25. The molecule has 0 aliphatic rings. The number of anilines is 2. The second-order valence-corrected chi connectivity index (χ2v) is 3.78. The van der Waals surface area contributed by atoms with E-state index in [1.165, 1.54) is 11.3 Å². The van der Waals surface area contributed by atoms with Crippen LogP contribution in [-0.4, -0.2) is 26.5 Å². The molecular formula is C9H12N6OS. The summed E-state index contributed by atoms with van der Waals surface area (Å²) < 4.78 is 5.17. The van der Waals surface area contributed by atoms with Crippen LogP contribution in [0.1, 0.15) is 12.6 Å². The highest BCUT2D eigenvalue weighted by atomic mass is 32.1. The van der Waals surface area contributed by atoms with Crippen molar-refractivity contribution in [2.24, 2.45) is 0 Å². The van der Waals surface area contributed by atoms with Crippen molar-refractivity contribution in [1.82, 2.24) is 19.9 Å². The fourth-order valence-corrected chi connectivity index (χ4v) is 1.70. The predicted molar refractivity (Wildman–Crippen MR) is 64.8 cm³/mol. The molecule has 2 aromatic rings. The van der Waals surface area contributed by atoms with Crippen LogP contribution >= 0.6 is 11.3 Å². The van der Waals surface area contributed by atoms with Gasteiger partial charge in [0, 0.05) is 5.38 Å². The molecule has 0 atom stereocenters. The van der Waals surface area contributed by atoms with E-state index in [9.17, 15) is 0 Å². The van der Waals surface area contributed by atoms with Crippen molar-refractivity contribution in [3.05, 3.63) is 16.6 Å². The van der Waals surface area contributed by atoms with Crippen LogP contribution in [0.5, 0.6) is 6.01 Å². The fourth-order valence-electron chi connectivity index (χ4n) is 1.14. The Balaban J connectivity index is 2.04. The minimum Gasteiger partial charge on any atom is -0.464 e. The normalized spacial score (nSPS) is 10.2. The van der Waals surface area contributed by atoms with E-state index in [0.717, 1.165) is 5.69 Å². The molecule has 90 valence electrons. The maximum absolute atomic E-state index is 5.54. The van der Waals surface area contributed by atoms with Crippen molar-refractivity contribution >= 4 is 23.2 Å². The Hall–Kier alpha value is -1.96. The number of nitrogens with one attached hydrogen (secondary N) is 1. The van der Waals surface area contributed by atoms with Crippen molar-refractivity contribution < 1.29 is 4.74 Å². The quantitative estimate of drug-likeness (QED) is 0.816. The topological polar surface area (TPSA) is 98.8 Å². The Bertz CT molecular complexity index is 474. The highest BCUT2D eigenvalue weighted by molar-refractivity contribution is 7.07. The lowest BCUT2D eigenvalue weighted by molar-refractivity contribution is 0.312. The van der Waals surface area contributed by atoms with Gasteiger partial charge in [0.2, 0.25) is 11.9 Å². The highest BCUT2D eigenvalue weighted by Crippen LogP contribution is 2.10. The van der Waals surface area contributed by atoms with Gasteiger partial charge in [-0.15, -0.1) is 11.3 Å². The molecule has 0 amide bonds. The first-order valence-electron chi connectivity index (χ1n) is 5.03. The van der Waals surface area contributed by atoms with E-state index in [1.807, 2.05) is 12.3 Å². The number of aromatic nitrogens is 4. The molecule has 0 saturated carbocycles. The average Bonchev–Trinajstić information content (AvgIpc) is 2.79. The summed E-state index contributed by atoms with van der Waals surface area (Å²) >= 11 is 1.54. The number of hydrogen-bond donors (Lipinski definition) is 2. The van der Waals surface area contributed by atoms with Gasteiger partial charge in [0.15, 0.2) is 0 Å². The second-order valence-electron chi connectivity index (χ2n) is 3.07. The minimum atomic E-state index is 0.129. The number of rotatable bonds is 5. The lowest BCUT2D eigenvalue weighted by Gasteiger charge is -2.05. The van der Waals surface area contributed by atoms with Gasteiger partial charge in [-0.2, -0.15) is 15.0 Å². The van der Waals surface area contributed by atoms with E-state index in [0.29, 0.717) is 19.1 Å². The maximum Gasteiger partial charge on any atom is 0.323 e. The molecule has 2 heterocycles. The van der Waals surface area contributed by atoms with E-state index in [4.69, 9.17) is 10.5 Å². The van der Waals surface area contributed by atoms with Crippen LogP contribution in [-0.2, 0) is 6.54 Å². The van der Waals surface area contributed by atoms with Gasteiger partial charge in [-0.1, -0.05) is 0 Å². The molecule has 8 heteroatoms. The first-order chi connectivity index (χ1) is 8.28. The largest absolute Gasteiger partial charge is 0.464 e. The molecule has 3 N–H and O–H groups in total. The average molecular weight is 252 g/mol. The molecule has 0 unspecified atom stereocenters. The van der Waals surface area contributed by atoms with Gasteiger partial charge >= 0.3 is 6.01 Å². The number of nitrogen functional groups attached to an aromatic ring is 1. The fraction of sp³-hybridized carbons (Fsp3) is 0.333. The summed E-state index contributed by atoms with van der Waals surface area (Å²) in [5, 5.41) is 4.95. The monoisotopic (exact) mass is 252 g/mol. The second kappa shape index (κ2) is 5.39. The molecule has 0 bridgehead atoms. The first-order valence-corrected chi connectivity index (χ1v) is 5.97. The molecule has 0 aromatic carbocycles. The van der Waals surface area contributed by atoms with Crippen LogP contribution in [0, 0.1) is 0 Å². The Morgan fingerprint density at radius 2 is 2.29 bits per heavy atom. The predicted octanol–water partition coefficient (Wildman–Crippen LogP) is 0.921. The SMILES string of the molecule is CCOc1nc(N)nc(NCc2cscn2)n1. The van der Waals surface area contributed by atoms with Crippen molar-refractivity contribution in [1.29, 1.82) is 0 Å². The highest BCUT2D eigenvalue weighted by Gasteiger charge is 2.05. The summed E-state index contributed by atoms with van der Waals surface area (Å²) in [4.78, 5) is 16.0. The van der Waals surface area contributed by atoms with E-state index in [-0.39, 0.29) is 12.0 Å². The lowest BCUT2D eigenvalue weighted by atomic mass is 10.5. The summed E-state index contributed by atoms with van der Waals surface area (Å²) in [7, 11) is 0. The summed E-state index contributed by atoms with van der Waals surface area (Å²) in [5.74, 6) is 0.512. The molecule has 17 heavy (non-hydrogen) atoms. The number of hydrogen-bond acceptors (Lipinski definition) is 8. The van der Waals surface area contributed by atoms with Crippen molar-refractivity contribution in [2.75, 3.05) is 17.7 Å². The summed E-state index contributed by atoms with van der Waals surface area (Å²) in [6, 6.07) is 0.223. The lowest BCUT2D eigenvalue weighted by Crippen LogP contribution is -2.09. The zero-order valence-electron chi connectivity index (χ0n) is 9.25. The third-order valence-corrected chi connectivity index (χ3v) is 2.45. The van der Waals surface area contributed by atoms with Crippen molar-refractivity contribution in [2.45, 2.75) is 13.5 Å². The number of nitrogens with zero attached hydrogens (tertiary/aromatic N) is 4. The van der Waals surface area contributed by atoms with Crippen LogP contribution in [0.4, 0.5) is 11.9 Å². The molecule has 0 aliphatic carbocycles. The first kappa shape index (κ1) is 11.5. The third-order valence-electron chi connectivity index (χ3n) is 1.82. The molecule has 0 spiro atoms. The molecule has 2 aromatic heterocycles. The Kier molecular flexibility index (Phi) is 3.66. The van der Waals surface area contributed by atoms with Gasteiger partial charge < -0.3 is 15.8 Å². The van der Waals surface area contributed by atoms with Gasteiger partial charge in [0.05, 0.1) is 24.4 Å². The Morgan fingerprint density at radius 3 is 3.00 bits per heavy atom. The summed E-state index contributed by atoms with van der Waals surface area (Å²) in [5.41, 5.74) is 8.23. The molecule has 2 rings (SSSR count). The summed E-state index contributed by atoms with van der Waals surface area (Å²) in [6.07, 6.45) is 0. The van der Waals surface area contributed by atoms with Crippen molar-refractivity contribution in [3.8, 4) is 6.01 Å². The van der Waals surface area contributed by atoms with Gasteiger partial charge in [0.25, 0.3) is 0 Å². The molecule has 0 saturated heterocycles. The van der Waals surface area contributed by atoms with Crippen LogP contribution in [0.2, 0.25) is 0 Å². The Morgan fingerprint density at radius 1 is 1.41 bits per heavy atom. The number of thiazole rings is 1. The maximum atomic E-state index is 5.54. The van der Waals surface area contributed by atoms with E-state index < -0.39 is 0 Å².